The smallest absolute Gasteiger partial charge is 0.138 e. The number of thioether (sulfide) groups is 1. The van der Waals surface area contributed by atoms with Gasteiger partial charge in [-0.3, -0.25) is 0 Å². The minimum Gasteiger partial charge on any atom is -0.362 e. The number of hydrogen-bond acceptors (Lipinski definition) is 2. The summed E-state index contributed by atoms with van der Waals surface area (Å²) in [5, 5.41) is 0.344. The van der Waals surface area contributed by atoms with Gasteiger partial charge >= 0.3 is 0 Å². The standard InChI is InChI=1S/C9H10FNS/c1-6-11(2)8-5-3-4-7(10)9(8)12-6/h3-6H,1-2H3. The van der Waals surface area contributed by atoms with Gasteiger partial charge in [-0.05, 0) is 19.1 Å². The normalized spacial score (nSPS) is 21.2. The molecule has 0 fully saturated rings. The molecule has 0 bridgehead atoms. The molecule has 12 heavy (non-hydrogen) atoms. The lowest BCUT2D eigenvalue weighted by Crippen LogP contribution is -2.20. The van der Waals surface area contributed by atoms with Crippen LogP contribution in [0.2, 0.25) is 0 Å². The number of anilines is 1. The second kappa shape index (κ2) is 2.66. The van der Waals surface area contributed by atoms with Gasteiger partial charge in [0.2, 0.25) is 0 Å². The summed E-state index contributed by atoms with van der Waals surface area (Å²) in [6, 6.07) is 5.22. The van der Waals surface area contributed by atoms with Crippen molar-refractivity contribution < 1.29 is 4.39 Å². The molecular weight excluding hydrogens is 173 g/mol. The molecule has 1 aromatic rings. The monoisotopic (exact) mass is 183 g/mol. The Bertz CT molecular complexity index is 313. The molecule has 0 saturated heterocycles. The number of nitrogens with zero attached hydrogens (tertiary/aromatic N) is 1. The van der Waals surface area contributed by atoms with E-state index >= 15 is 0 Å². The third-order valence-electron chi connectivity index (χ3n) is 2.16. The van der Waals surface area contributed by atoms with Crippen LogP contribution >= 0.6 is 11.8 Å². The van der Waals surface area contributed by atoms with Crippen molar-refractivity contribution in [2.45, 2.75) is 17.2 Å². The summed E-state index contributed by atoms with van der Waals surface area (Å²) in [5.74, 6) is -0.103. The topological polar surface area (TPSA) is 3.24 Å². The molecule has 1 unspecified atom stereocenters. The fourth-order valence-electron chi connectivity index (χ4n) is 1.34. The molecule has 0 aromatic heterocycles. The van der Waals surface area contributed by atoms with Gasteiger partial charge in [0.25, 0.3) is 0 Å². The Kier molecular flexibility index (Phi) is 1.76. The molecule has 0 amide bonds. The van der Waals surface area contributed by atoms with Crippen LogP contribution in [-0.2, 0) is 0 Å². The van der Waals surface area contributed by atoms with Gasteiger partial charge in [-0.1, -0.05) is 17.8 Å². The van der Waals surface area contributed by atoms with Crippen LogP contribution in [0, 0.1) is 5.82 Å². The summed E-state index contributed by atoms with van der Waals surface area (Å²) in [6.07, 6.45) is 0. The van der Waals surface area contributed by atoms with Gasteiger partial charge < -0.3 is 4.90 Å². The third-order valence-corrected chi connectivity index (χ3v) is 3.46. The van der Waals surface area contributed by atoms with Crippen molar-refractivity contribution in [2.24, 2.45) is 0 Å². The first-order valence-corrected chi connectivity index (χ1v) is 4.76. The molecule has 3 heteroatoms. The van der Waals surface area contributed by atoms with Crippen molar-refractivity contribution in [1.29, 1.82) is 0 Å². The van der Waals surface area contributed by atoms with Crippen LogP contribution in [0.1, 0.15) is 6.92 Å². The van der Waals surface area contributed by atoms with E-state index in [0.717, 1.165) is 10.6 Å². The zero-order valence-corrected chi connectivity index (χ0v) is 7.86. The third kappa shape index (κ3) is 1.00. The van der Waals surface area contributed by atoms with Crippen LogP contribution in [0.5, 0.6) is 0 Å². The fourth-order valence-corrected chi connectivity index (χ4v) is 2.46. The Morgan fingerprint density at radius 2 is 2.25 bits per heavy atom. The van der Waals surface area contributed by atoms with Crippen molar-refractivity contribution in [3.63, 3.8) is 0 Å². The van der Waals surface area contributed by atoms with Crippen molar-refractivity contribution in [3.05, 3.63) is 24.0 Å². The lowest BCUT2D eigenvalue weighted by Gasteiger charge is -2.16. The van der Waals surface area contributed by atoms with Crippen molar-refractivity contribution in [3.8, 4) is 0 Å². The molecule has 1 nitrogen and oxygen atoms in total. The van der Waals surface area contributed by atoms with Gasteiger partial charge in [0.1, 0.15) is 5.82 Å². The highest BCUT2D eigenvalue weighted by Gasteiger charge is 2.25. The van der Waals surface area contributed by atoms with Crippen molar-refractivity contribution in [1.82, 2.24) is 0 Å². The minimum absolute atomic E-state index is 0.103. The zero-order chi connectivity index (χ0) is 8.72. The molecule has 2 rings (SSSR count). The zero-order valence-electron chi connectivity index (χ0n) is 7.04. The Labute approximate surface area is 75.6 Å². The van der Waals surface area contributed by atoms with Gasteiger partial charge in [0.05, 0.1) is 16.0 Å². The number of benzene rings is 1. The first-order chi connectivity index (χ1) is 5.70. The summed E-state index contributed by atoms with van der Waals surface area (Å²) >= 11 is 1.58. The Morgan fingerprint density at radius 1 is 1.50 bits per heavy atom. The van der Waals surface area contributed by atoms with Gasteiger partial charge in [0, 0.05) is 7.05 Å². The lowest BCUT2D eigenvalue weighted by molar-refractivity contribution is 0.603. The molecule has 0 N–H and O–H groups in total. The van der Waals surface area contributed by atoms with Crippen LogP contribution in [0.4, 0.5) is 10.1 Å². The molecule has 1 aromatic carbocycles. The molecule has 1 atom stereocenters. The Hall–Kier alpha value is -0.700. The maximum Gasteiger partial charge on any atom is 0.138 e. The predicted molar refractivity (Wildman–Crippen MR) is 50.1 cm³/mol. The average Bonchev–Trinajstić information content (AvgIpc) is 2.32. The first-order valence-electron chi connectivity index (χ1n) is 3.88. The molecule has 0 spiro atoms. The van der Waals surface area contributed by atoms with Gasteiger partial charge in [-0.2, -0.15) is 0 Å². The Balaban J connectivity index is 2.53. The number of fused-ring (bicyclic) bond motifs is 1. The van der Waals surface area contributed by atoms with Gasteiger partial charge in [-0.15, -0.1) is 0 Å². The van der Waals surface area contributed by atoms with Crippen molar-refractivity contribution in [2.75, 3.05) is 11.9 Å². The van der Waals surface area contributed by atoms with E-state index in [2.05, 4.69) is 11.8 Å². The molecule has 1 heterocycles. The Morgan fingerprint density at radius 3 is 2.92 bits per heavy atom. The molecule has 0 radical (unpaired) electrons. The SMILES string of the molecule is CC1Sc2c(F)cccc2N1C. The van der Waals surface area contributed by atoms with E-state index < -0.39 is 0 Å². The van der Waals surface area contributed by atoms with Crippen LogP contribution in [0.15, 0.2) is 23.1 Å². The number of halogens is 1. The molecule has 0 aliphatic carbocycles. The second-order valence-corrected chi connectivity index (χ2v) is 4.24. The summed E-state index contributed by atoms with van der Waals surface area (Å²) in [6.45, 7) is 2.07. The van der Waals surface area contributed by atoms with Crippen LogP contribution in [-0.4, -0.2) is 12.4 Å². The molecule has 64 valence electrons. The summed E-state index contributed by atoms with van der Waals surface area (Å²) in [5.41, 5.74) is 1.01. The predicted octanol–water partition coefficient (Wildman–Crippen LogP) is 2.71. The highest BCUT2D eigenvalue weighted by atomic mass is 32.2. The second-order valence-electron chi connectivity index (χ2n) is 2.92. The van der Waals surface area contributed by atoms with Crippen LogP contribution in [0.3, 0.4) is 0 Å². The van der Waals surface area contributed by atoms with E-state index in [0.29, 0.717) is 5.37 Å². The van der Waals surface area contributed by atoms with E-state index in [1.54, 1.807) is 17.8 Å². The number of hydrogen-bond donors (Lipinski definition) is 0. The van der Waals surface area contributed by atoms with Gasteiger partial charge in [-0.25, -0.2) is 4.39 Å². The van der Waals surface area contributed by atoms with Crippen molar-refractivity contribution >= 4 is 17.4 Å². The highest BCUT2D eigenvalue weighted by Crippen LogP contribution is 2.43. The highest BCUT2D eigenvalue weighted by molar-refractivity contribution is 8.00. The summed E-state index contributed by atoms with van der Waals surface area (Å²) in [4.78, 5) is 2.87. The van der Waals surface area contributed by atoms with E-state index in [9.17, 15) is 4.39 Å². The van der Waals surface area contributed by atoms with Gasteiger partial charge in [0.15, 0.2) is 0 Å². The van der Waals surface area contributed by atoms with Crippen LogP contribution < -0.4 is 4.90 Å². The van der Waals surface area contributed by atoms with E-state index in [4.69, 9.17) is 0 Å². The van der Waals surface area contributed by atoms with E-state index in [1.807, 2.05) is 13.1 Å². The lowest BCUT2D eigenvalue weighted by atomic mass is 10.3. The maximum atomic E-state index is 13.2. The minimum atomic E-state index is -0.103. The first kappa shape index (κ1) is 7.92. The largest absolute Gasteiger partial charge is 0.362 e. The summed E-state index contributed by atoms with van der Waals surface area (Å²) in [7, 11) is 1.99. The van der Waals surface area contributed by atoms with E-state index in [-0.39, 0.29) is 5.82 Å². The average molecular weight is 183 g/mol. The summed E-state index contributed by atoms with van der Waals surface area (Å²) < 4.78 is 13.2. The number of rotatable bonds is 0. The van der Waals surface area contributed by atoms with E-state index in [1.165, 1.54) is 6.07 Å². The molecule has 1 aliphatic heterocycles. The quantitative estimate of drug-likeness (QED) is 0.608. The molecule has 0 saturated carbocycles. The fraction of sp³-hybridized carbons (Fsp3) is 0.333. The maximum absolute atomic E-state index is 13.2. The van der Waals surface area contributed by atoms with Crippen LogP contribution in [0.25, 0.3) is 0 Å². The molecular formula is C9H10FNS. The molecule has 1 aliphatic rings.